The van der Waals surface area contributed by atoms with Crippen molar-refractivity contribution in [2.75, 3.05) is 18.7 Å². The van der Waals surface area contributed by atoms with Crippen LogP contribution in [0.2, 0.25) is 0 Å². The maximum absolute atomic E-state index is 11.6. The lowest BCUT2D eigenvalue weighted by atomic mass is 10.5. The van der Waals surface area contributed by atoms with Crippen molar-refractivity contribution >= 4 is 27.4 Å². The third kappa shape index (κ3) is 2.89. The Hall–Kier alpha value is -1.21. The highest BCUT2D eigenvalue weighted by Crippen LogP contribution is 2.08. The first-order chi connectivity index (χ1) is 7.51. The van der Waals surface area contributed by atoms with E-state index in [1.807, 2.05) is 0 Å². The SMILES string of the molecule is COC(=O)c1nccc(S(=O)(=O)CCCl)n1. The van der Waals surface area contributed by atoms with Gasteiger partial charge in [0.1, 0.15) is 0 Å². The number of rotatable bonds is 4. The number of esters is 1. The van der Waals surface area contributed by atoms with Crippen LogP contribution in [-0.2, 0) is 14.6 Å². The minimum Gasteiger partial charge on any atom is -0.463 e. The van der Waals surface area contributed by atoms with Gasteiger partial charge in [0, 0.05) is 12.1 Å². The maximum Gasteiger partial charge on any atom is 0.376 e. The highest BCUT2D eigenvalue weighted by atomic mass is 35.5. The van der Waals surface area contributed by atoms with Gasteiger partial charge in [0.05, 0.1) is 12.9 Å². The molecule has 88 valence electrons. The molecule has 0 fully saturated rings. The van der Waals surface area contributed by atoms with E-state index in [0.29, 0.717) is 0 Å². The third-order valence-electron chi connectivity index (χ3n) is 1.66. The number of ether oxygens (including phenoxy) is 1. The Labute approximate surface area is 97.5 Å². The molecule has 0 atom stereocenters. The van der Waals surface area contributed by atoms with Gasteiger partial charge >= 0.3 is 5.97 Å². The van der Waals surface area contributed by atoms with Gasteiger partial charge in [0.15, 0.2) is 14.9 Å². The van der Waals surface area contributed by atoms with Gasteiger partial charge in [-0.25, -0.2) is 23.2 Å². The average Bonchev–Trinajstić information content (AvgIpc) is 2.28. The van der Waals surface area contributed by atoms with Crippen LogP contribution in [0.1, 0.15) is 10.6 Å². The van der Waals surface area contributed by atoms with Crippen LogP contribution < -0.4 is 0 Å². The molecule has 0 radical (unpaired) electrons. The summed E-state index contributed by atoms with van der Waals surface area (Å²) in [6.45, 7) is 0. The van der Waals surface area contributed by atoms with E-state index in [2.05, 4.69) is 14.7 Å². The molecule has 16 heavy (non-hydrogen) atoms. The Morgan fingerprint density at radius 2 is 2.25 bits per heavy atom. The van der Waals surface area contributed by atoms with Crippen molar-refractivity contribution in [2.45, 2.75) is 5.03 Å². The summed E-state index contributed by atoms with van der Waals surface area (Å²) in [5.74, 6) is -1.37. The molecule has 0 aliphatic rings. The van der Waals surface area contributed by atoms with Crippen LogP contribution in [0.3, 0.4) is 0 Å². The van der Waals surface area contributed by atoms with Crippen molar-refractivity contribution in [1.82, 2.24) is 9.97 Å². The molecule has 0 aliphatic carbocycles. The molecule has 0 amide bonds. The molecule has 0 bridgehead atoms. The van der Waals surface area contributed by atoms with Crippen molar-refractivity contribution in [3.8, 4) is 0 Å². The van der Waals surface area contributed by atoms with Crippen LogP contribution in [0.15, 0.2) is 17.3 Å². The molecule has 0 saturated carbocycles. The number of hydrogen-bond acceptors (Lipinski definition) is 6. The zero-order valence-corrected chi connectivity index (χ0v) is 9.95. The second-order valence-electron chi connectivity index (χ2n) is 2.72. The van der Waals surface area contributed by atoms with E-state index in [4.69, 9.17) is 11.6 Å². The van der Waals surface area contributed by atoms with Gasteiger partial charge in [-0.3, -0.25) is 0 Å². The maximum atomic E-state index is 11.6. The molecule has 0 saturated heterocycles. The number of nitrogens with zero attached hydrogens (tertiary/aromatic N) is 2. The fourth-order valence-corrected chi connectivity index (χ4v) is 2.43. The standard InChI is InChI=1S/C8H9ClN2O4S/c1-15-8(12)7-10-4-2-6(11-7)16(13,14)5-3-9/h2,4H,3,5H2,1H3. The fourth-order valence-electron chi connectivity index (χ4n) is 0.911. The molecule has 8 heteroatoms. The molecule has 1 aromatic heterocycles. The van der Waals surface area contributed by atoms with Crippen LogP contribution in [0.5, 0.6) is 0 Å². The lowest BCUT2D eigenvalue weighted by Gasteiger charge is -2.02. The van der Waals surface area contributed by atoms with E-state index in [0.717, 1.165) is 7.11 Å². The summed E-state index contributed by atoms with van der Waals surface area (Å²) in [5.41, 5.74) is 0. The van der Waals surface area contributed by atoms with Crippen molar-refractivity contribution in [1.29, 1.82) is 0 Å². The predicted molar refractivity (Wildman–Crippen MR) is 56.1 cm³/mol. The van der Waals surface area contributed by atoms with Gasteiger partial charge in [-0.2, -0.15) is 0 Å². The van der Waals surface area contributed by atoms with Gasteiger partial charge in [0.2, 0.25) is 5.82 Å². The Bertz CT molecular complexity index is 489. The number of halogens is 1. The first-order valence-electron chi connectivity index (χ1n) is 4.21. The van der Waals surface area contributed by atoms with Gasteiger partial charge in [0.25, 0.3) is 0 Å². The second kappa shape index (κ2) is 5.22. The molecule has 0 N–H and O–H groups in total. The number of sulfone groups is 1. The van der Waals surface area contributed by atoms with E-state index < -0.39 is 15.8 Å². The van der Waals surface area contributed by atoms with E-state index in [9.17, 15) is 13.2 Å². The average molecular weight is 265 g/mol. The molecular formula is C8H9ClN2O4S. The smallest absolute Gasteiger partial charge is 0.376 e. The molecule has 1 aromatic rings. The van der Waals surface area contributed by atoms with E-state index in [-0.39, 0.29) is 22.5 Å². The number of carbonyl (C=O) groups is 1. The Morgan fingerprint density at radius 1 is 1.56 bits per heavy atom. The van der Waals surface area contributed by atoms with E-state index in [1.54, 1.807) is 0 Å². The quantitative estimate of drug-likeness (QED) is 0.441. The zero-order valence-electron chi connectivity index (χ0n) is 8.38. The highest BCUT2D eigenvalue weighted by Gasteiger charge is 2.18. The Morgan fingerprint density at radius 3 is 2.81 bits per heavy atom. The molecular weight excluding hydrogens is 256 g/mol. The van der Waals surface area contributed by atoms with E-state index >= 15 is 0 Å². The minimum atomic E-state index is -3.57. The molecule has 1 heterocycles. The Balaban J connectivity index is 3.13. The lowest BCUT2D eigenvalue weighted by Crippen LogP contribution is -2.14. The van der Waals surface area contributed by atoms with Gasteiger partial charge in [-0.1, -0.05) is 0 Å². The Kier molecular flexibility index (Phi) is 4.19. The van der Waals surface area contributed by atoms with Crippen LogP contribution in [-0.4, -0.2) is 43.1 Å². The summed E-state index contributed by atoms with van der Waals surface area (Å²) < 4.78 is 27.5. The van der Waals surface area contributed by atoms with Crippen molar-refractivity contribution in [3.63, 3.8) is 0 Å². The van der Waals surface area contributed by atoms with Crippen LogP contribution in [0.25, 0.3) is 0 Å². The van der Waals surface area contributed by atoms with Crippen molar-refractivity contribution in [3.05, 3.63) is 18.1 Å². The van der Waals surface area contributed by atoms with Crippen LogP contribution in [0, 0.1) is 0 Å². The lowest BCUT2D eigenvalue weighted by molar-refractivity contribution is 0.0585. The number of hydrogen-bond donors (Lipinski definition) is 0. The number of carbonyl (C=O) groups excluding carboxylic acids is 1. The van der Waals surface area contributed by atoms with Gasteiger partial charge in [-0.15, -0.1) is 11.6 Å². The third-order valence-corrected chi connectivity index (χ3v) is 3.68. The summed E-state index contributed by atoms with van der Waals surface area (Å²) in [4.78, 5) is 18.3. The minimum absolute atomic E-state index is 0.0418. The summed E-state index contributed by atoms with van der Waals surface area (Å²) in [6, 6.07) is 1.20. The van der Waals surface area contributed by atoms with Crippen molar-refractivity contribution < 1.29 is 17.9 Å². The fraction of sp³-hybridized carbons (Fsp3) is 0.375. The monoisotopic (exact) mass is 264 g/mol. The van der Waals surface area contributed by atoms with Gasteiger partial charge in [-0.05, 0) is 6.07 Å². The molecule has 1 rings (SSSR count). The molecule has 0 spiro atoms. The molecule has 0 unspecified atom stereocenters. The summed E-state index contributed by atoms with van der Waals surface area (Å²) in [6.07, 6.45) is 1.18. The predicted octanol–water partition coefficient (Wildman–Crippen LogP) is 0.276. The van der Waals surface area contributed by atoms with Crippen LogP contribution in [0.4, 0.5) is 0 Å². The number of methoxy groups -OCH3 is 1. The van der Waals surface area contributed by atoms with Crippen LogP contribution >= 0.6 is 11.6 Å². The summed E-state index contributed by atoms with van der Waals surface area (Å²) in [5, 5.41) is -0.233. The number of aromatic nitrogens is 2. The largest absolute Gasteiger partial charge is 0.463 e. The summed E-state index contributed by atoms with van der Waals surface area (Å²) in [7, 11) is -2.41. The zero-order chi connectivity index (χ0) is 12.2. The molecule has 6 nitrogen and oxygen atoms in total. The van der Waals surface area contributed by atoms with Gasteiger partial charge < -0.3 is 4.74 Å². The molecule has 0 aliphatic heterocycles. The summed E-state index contributed by atoms with van der Waals surface area (Å²) >= 11 is 5.35. The molecule has 0 aromatic carbocycles. The topological polar surface area (TPSA) is 86.2 Å². The normalized spacial score (nSPS) is 11.1. The second-order valence-corrected chi connectivity index (χ2v) is 5.15. The first kappa shape index (κ1) is 12.9. The number of alkyl halides is 1. The van der Waals surface area contributed by atoms with Crippen molar-refractivity contribution in [2.24, 2.45) is 0 Å². The highest BCUT2D eigenvalue weighted by molar-refractivity contribution is 7.91. The van der Waals surface area contributed by atoms with E-state index in [1.165, 1.54) is 12.3 Å². The first-order valence-corrected chi connectivity index (χ1v) is 6.40.